The molecule has 3 rings (SSSR count). The van der Waals surface area contributed by atoms with Crippen molar-refractivity contribution in [1.29, 1.82) is 5.26 Å². The van der Waals surface area contributed by atoms with Crippen LogP contribution in [0.4, 0.5) is 26.3 Å². The van der Waals surface area contributed by atoms with Crippen molar-refractivity contribution in [3.05, 3.63) is 52.6 Å². The average molecular weight is 358 g/mol. The lowest BCUT2D eigenvalue weighted by atomic mass is 9.95. The van der Waals surface area contributed by atoms with Crippen molar-refractivity contribution >= 4 is 0 Å². The molecule has 0 radical (unpaired) electrons. The summed E-state index contributed by atoms with van der Waals surface area (Å²) in [5.74, 6) is -0.881. The molecule has 25 heavy (non-hydrogen) atoms. The number of hydrogen-bond acceptors (Lipinski definition) is 3. The molecule has 0 bridgehead atoms. The molecule has 0 saturated carbocycles. The van der Waals surface area contributed by atoms with Crippen molar-refractivity contribution in [3.63, 3.8) is 0 Å². The van der Waals surface area contributed by atoms with E-state index in [1.54, 1.807) is 6.07 Å². The molecule has 2 aromatic rings. The molecular formula is C16H8F6N2O. The molecule has 1 heterocycles. The normalized spacial score (nSPS) is 22.6. The first-order valence-electron chi connectivity index (χ1n) is 6.92. The van der Waals surface area contributed by atoms with Gasteiger partial charge in [-0.25, -0.2) is 13.2 Å². The number of rotatable bonds is 1. The van der Waals surface area contributed by atoms with Crippen LogP contribution in [0, 0.1) is 17.1 Å². The summed E-state index contributed by atoms with van der Waals surface area (Å²) in [6.45, 7) is 0. The molecule has 9 heteroatoms. The van der Waals surface area contributed by atoms with E-state index in [1.807, 2.05) is 0 Å². The Kier molecular flexibility index (Phi) is 3.95. The molecule has 0 amide bonds. The number of aromatic nitrogens is 1. The largest absolute Gasteiger partial charge is 0.433 e. The van der Waals surface area contributed by atoms with E-state index in [0.717, 1.165) is 18.2 Å². The first-order chi connectivity index (χ1) is 11.6. The van der Waals surface area contributed by atoms with Crippen LogP contribution in [0.15, 0.2) is 24.4 Å². The maximum Gasteiger partial charge on any atom is 0.433 e. The van der Waals surface area contributed by atoms with Crippen molar-refractivity contribution in [1.82, 2.24) is 4.98 Å². The van der Waals surface area contributed by atoms with Gasteiger partial charge in [0.1, 0.15) is 11.9 Å². The predicted octanol–water partition coefficient (Wildman–Crippen LogP) is 4.17. The van der Waals surface area contributed by atoms with Gasteiger partial charge in [-0.2, -0.15) is 18.4 Å². The summed E-state index contributed by atoms with van der Waals surface area (Å²) in [7, 11) is 0. The molecule has 1 aliphatic carbocycles. The van der Waals surface area contributed by atoms with Gasteiger partial charge in [-0.15, -0.1) is 0 Å². The van der Waals surface area contributed by atoms with Gasteiger partial charge in [0.25, 0.3) is 0 Å². The molecule has 3 atom stereocenters. The first kappa shape index (κ1) is 17.2. The molecule has 1 aliphatic rings. The number of pyridine rings is 1. The third-order valence-electron chi connectivity index (χ3n) is 3.92. The van der Waals surface area contributed by atoms with Crippen molar-refractivity contribution in [2.24, 2.45) is 0 Å². The topological polar surface area (TPSA) is 56.9 Å². The zero-order valence-electron chi connectivity index (χ0n) is 12.2. The van der Waals surface area contributed by atoms with Crippen LogP contribution in [0.5, 0.6) is 0 Å². The molecule has 1 aromatic heterocycles. The monoisotopic (exact) mass is 358 g/mol. The second-order valence-electron chi connectivity index (χ2n) is 5.48. The molecule has 0 unspecified atom stereocenters. The van der Waals surface area contributed by atoms with Crippen LogP contribution >= 0.6 is 0 Å². The van der Waals surface area contributed by atoms with Crippen LogP contribution in [0.25, 0.3) is 11.1 Å². The Bertz CT molecular complexity index is 889. The SMILES string of the molecule is N#Cc1cc(F)cc(-c2cnc(C(F)(F)F)c3c2[C@@H](F)[C@@H](F)[C@H]3O)c1. The highest BCUT2D eigenvalue weighted by molar-refractivity contribution is 5.72. The Labute approximate surface area is 137 Å². The van der Waals surface area contributed by atoms with Crippen molar-refractivity contribution in [2.75, 3.05) is 0 Å². The molecular weight excluding hydrogens is 350 g/mol. The summed E-state index contributed by atoms with van der Waals surface area (Å²) < 4.78 is 80.9. The van der Waals surface area contributed by atoms with Gasteiger partial charge in [-0.1, -0.05) is 0 Å². The number of benzene rings is 1. The van der Waals surface area contributed by atoms with Crippen molar-refractivity contribution < 1.29 is 31.4 Å². The predicted molar refractivity (Wildman–Crippen MR) is 73.1 cm³/mol. The summed E-state index contributed by atoms with van der Waals surface area (Å²) in [6, 6.07) is 4.50. The second-order valence-corrected chi connectivity index (χ2v) is 5.48. The van der Waals surface area contributed by atoms with Crippen molar-refractivity contribution in [3.8, 4) is 17.2 Å². The fraction of sp³-hybridized carbons (Fsp3) is 0.250. The van der Waals surface area contributed by atoms with Crippen LogP contribution in [0.3, 0.4) is 0 Å². The minimum absolute atomic E-state index is 0.141. The van der Waals surface area contributed by atoms with Gasteiger partial charge in [0, 0.05) is 22.9 Å². The molecule has 130 valence electrons. The number of aliphatic hydroxyl groups excluding tert-OH is 1. The van der Waals surface area contributed by atoms with Crippen molar-refractivity contribution in [2.45, 2.75) is 24.6 Å². The lowest BCUT2D eigenvalue weighted by molar-refractivity contribution is -0.143. The van der Waals surface area contributed by atoms with Gasteiger partial charge in [-0.05, 0) is 23.8 Å². The Morgan fingerprint density at radius 3 is 2.40 bits per heavy atom. The van der Waals surface area contributed by atoms with Crippen LogP contribution in [0.2, 0.25) is 0 Å². The van der Waals surface area contributed by atoms with Crippen LogP contribution < -0.4 is 0 Å². The van der Waals surface area contributed by atoms with Gasteiger partial charge in [0.05, 0.1) is 11.6 Å². The molecule has 3 nitrogen and oxygen atoms in total. The molecule has 0 aliphatic heterocycles. The van der Waals surface area contributed by atoms with E-state index in [0.29, 0.717) is 6.20 Å². The lowest BCUT2D eigenvalue weighted by Gasteiger charge is -2.16. The number of halogens is 6. The Morgan fingerprint density at radius 1 is 1.12 bits per heavy atom. The Morgan fingerprint density at radius 2 is 1.80 bits per heavy atom. The quantitative estimate of drug-likeness (QED) is 0.779. The molecule has 1 N–H and O–H groups in total. The number of alkyl halides is 5. The summed E-state index contributed by atoms with van der Waals surface area (Å²) >= 11 is 0. The number of nitrogens with zero attached hydrogens (tertiary/aromatic N) is 2. The van der Waals surface area contributed by atoms with Crippen LogP contribution in [-0.2, 0) is 6.18 Å². The summed E-state index contributed by atoms with van der Waals surface area (Å²) in [4.78, 5) is 3.18. The van der Waals surface area contributed by atoms with E-state index >= 15 is 0 Å². The van der Waals surface area contributed by atoms with E-state index in [-0.39, 0.29) is 16.7 Å². The van der Waals surface area contributed by atoms with E-state index < -0.39 is 47.3 Å². The number of nitriles is 1. The fourth-order valence-electron chi connectivity index (χ4n) is 2.88. The molecule has 0 saturated heterocycles. The van der Waals surface area contributed by atoms with Gasteiger partial charge in [0.15, 0.2) is 18.0 Å². The maximum atomic E-state index is 14.3. The number of aliphatic hydroxyl groups is 1. The Hall–Kier alpha value is -2.60. The fourth-order valence-corrected chi connectivity index (χ4v) is 2.88. The van der Waals surface area contributed by atoms with Gasteiger partial charge < -0.3 is 5.11 Å². The van der Waals surface area contributed by atoms with E-state index in [4.69, 9.17) is 5.26 Å². The molecule has 0 spiro atoms. The lowest BCUT2D eigenvalue weighted by Crippen LogP contribution is -2.16. The zero-order chi connectivity index (χ0) is 18.5. The van der Waals surface area contributed by atoms with E-state index in [9.17, 15) is 31.4 Å². The third-order valence-corrected chi connectivity index (χ3v) is 3.92. The summed E-state index contributed by atoms with van der Waals surface area (Å²) in [5.41, 5.74) is -3.96. The number of hydrogen-bond donors (Lipinski definition) is 1. The standard InChI is InChI=1S/C16H8F6N2O/c17-8-2-6(4-23)1-7(3-8)9-5-24-15(16(20,21)22)11-10(9)12(18)13(19)14(11)25/h1-3,5,12-14,25H/t12-,13-,14+/m1/s1. The zero-order valence-corrected chi connectivity index (χ0v) is 12.2. The van der Waals surface area contributed by atoms with Gasteiger partial charge >= 0.3 is 6.18 Å². The van der Waals surface area contributed by atoms with E-state index in [1.165, 1.54) is 0 Å². The molecule has 0 fully saturated rings. The molecule has 1 aromatic carbocycles. The van der Waals surface area contributed by atoms with Crippen LogP contribution in [-0.4, -0.2) is 16.3 Å². The maximum absolute atomic E-state index is 14.3. The second kappa shape index (κ2) is 5.74. The smallest absolute Gasteiger partial charge is 0.385 e. The van der Waals surface area contributed by atoms with Gasteiger partial charge in [0.2, 0.25) is 0 Å². The summed E-state index contributed by atoms with van der Waals surface area (Å²) in [6.07, 6.45) is -11.9. The Balaban J connectivity index is 2.32. The third kappa shape index (κ3) is 2.72. The average Bonchev–Trinajstić information content (AvgIpc) is 2.77. The van der Waals surface area contributed by atoms with Crippen LogP contribution in [0.1, 0.15) is 34.7 Å². The minimum Gasteiger partial charge on any atom is -0.385 e. The highest BCUT2D eigenvalue weighted by atomic mass is 19.4. The number of fused-ring (bicyclic) bond motifs is 1. The first-order valence-corrected chi connectivity index (χ1v) is 6.92. The van der Waals surface area contributed by atoms with Gasteiger partial charge in [-0.3, -0.25) is 4.98 Å². The highest BCUT2D eigenvalue weighted by Crippen LogP contribution is 2.51. The summed E-state index contributed by atoms with van der Waals surface area (Å²) in [5, 5.41) is 18.6. The minimum atomic E-state index is -5.03. The van der Waals surface area contributed by atoms with E-state index in [2.05, 4.69) is 4.98 Å². The highest BCUT2D eigenvalue weighted by Gasteiger charge is 2.49.